The topological polar surface area (TPSA) is 138 Å². The normalized spacial score (nSPS) is 17.8. The van der Waals surface area contributed by atoms with Crippen LogP contribution in [0.15, 0.2) is 67.1 Å². The van der Waals surface area contributed by atoms with Gasteiger partial charge in [-0.1, -0.05) is 35.2 Å². The first-order valence-corrected chi connectivity index (χ1v) is 14.9. The molecule has 1 fully saturated rings. The van der Waals surface area contributed by atoms with Gasteiger partial charge in [-0.2, -0.15) is 0 Å². The minimum atomic E-state index is -1.06. The Morgan fingerprint density at radius 1 is 1.04 bits per heavy atom. The van der Waals surface area contributed by atoms with Crippen molar-refractivity contribution in [2.45, 2.75) is 50.9 Å². The summed E-state index contributed by atoms with van der Waals surface area (Å²) in [7, 11) is 0.369. The summed E-state index contributed by atoms with van der Waals surface area (Å²) in [6.07, 6.45) is 5.60. The van der Waals surface area contributed by atoms with Crippen molar-refractivity contribution in [3.05, 3.63) is 95.5 Å². The molecule has 45 heavy (non-hydrogen) atoms. The van der Waals surface area contributed by atoms with E-state index in [9.17, 15) is 19.2 Å². The van der Waals surface area contributed by atoms with Crippen LogP contribution in [0.1, 0.15) is 52.6 Å². The van der Waals surface area contributed by atoms with Gasteiger partial charge in [0.05, 0.1) is 18.6 Å². The minimum Gasteiger partial charge on any atom is -0.374 e. The summed E-state index contributed by atoms with van der Waals surface area (Å²) in [6, 6.07) is 14.1. The molecule has 13 heteroatoms. The first-order chi connectivity index (χ1) is 21.8. The lowest BCUT2D eigenvalue weighted by Crippen LogP contribution is -2.47. The molecule has 4 amide bonds. The number of aryl methyl sites for hydroxylation is 1. The van der Waals surface area contributed by atoms with Crippen LogP contribution in [0.2, 0.25) is 0 Å². The number of rotatable bonds is 8. The first-order valence-electron chi connectivity index (χ1n) is 14.9. The smallest absolute Gasteiger partial charge is 0.255 e. The van der Waals surface area contributed by atoms with Crippen LogP contribution in [0, 0.1) is 5.82 Å². The molecule has 0 saturated carbocycles. The minimum absolute atomic E-state index is 0.0619. The Kier molecular flexibility index (Phi) is 7.36. The molecular weight excluding hydrogens is 576 g/mol. The Balaban J connectivity index is 1.11. The van der Waals surface area contributed by atoms with E-state index >= 15 is 4.39 Å². The molecule has 0 radical (unpaired) electrons. The van der Waals surface area contributed by atoms with Crippen LogP contribution < -0.4 is 26.9 Å². The zero-order chi connectivity index (χ0) is 31.1. The highest BCUT2D eigenvalue weighted by atomic mass is 19.1. The van der Waals surface area contributed by atoms with Crippen LogP contribution in [-0.2, 0) is 33.9 Å². The Morgan fingerprint density at radius 3 is 2.67 bits per heavy atom. The molecule has 7 rings (SSSR count). The molecule has 3 N–H and O–H groups in total. The number of nitrogens with zero attached hydrogens (tertiary/aromatic N) is 4. The summed E-state index contributed by atoms with van der Waals surface area (Å²) >= 11 is 0. The fraction of sp³-hybridized carbons (Fsp3) is 0.250. The molecule has 2 aromatic heterocycles. The second-order valence-corrected chi connectivity index (χ2v) is 11.5. The van der Waals surface area contributed by atoms with Crippen LogP contribution in [0.4, 0.5) is 15.9 Å². The monoisotopic (exact) mass is 605 g/mol. The molecule has 0 bridgehead atoms. The summed E-state index contributed by atoms with van der Waals surface area (Å²) in [4.78, 5) is 61.3. The van der Waals surface area contributed by atoms with E-state index in [2.05, 4.69) is 25.9 Å². The molecule has 2 unspecified atom stereocenters. The Morgan fingerprint density at radius 2 is 1.89 bits per heavy atom. The van der Waals surface area contributed by atoms with Gasteiger partial charge < -0.3 is 20.1 Å². The fourth-order valence-corrected chi connectivity index (χ4v) is 6.32. The number of amides is 4. The predicted octanol–water partition coefficient (Wildman–Crippen LogP) is 1.30. The van der Waals surface area contributed by atoms with Crippen molar-refractivity contribution in [2.24, 2.45) is 0 Å². The van der Waals surface area contributed by atoms with Crippen molar-refractivity contribution in [2.75, 3.05) is 10.6 Å². The van der Waals surface area contributed by atoms with Crippen molar-refractivity contribution < 1.29 is 23.6 Å². The molecule has 2 atom stereocenters. The number of piperidine rings is 1. The number of nitrogens with one attached hydrogen (secondary N) is 3. The SMILES string of the molecule is O=C1CCC(Nc2ccc(Bc3cc(F)c4c(c3)C(=O)N(C(C(=O)Nc3ccccn3)c3ncn5c3CCC5)C4)cc2)C(=O)N1. The molecule has 5 heterocycles. The highest BCUT2D eigenvalue weighted by Gasteiger charge is 2.42. The van der Waals surface area contributed by atoms with Gasteiger partial charge in [0.25, 0.3) is 11.8 Å². The van der Waals surface area contributed by atoms with E-state index in [1.54, 1.807) is 36.8 Å². The molecule has 3 aliphatic heterocycles. The van der Waals surface area contributed by atoms with Gasteiger partial charge in [-0.15, -0.1) is 0 Å². The van der Waals surface area contributed by atoms with E-state index in [-0.39, 0.29) is 35.9 Å². The van der Waals surface area contributed by atoms with Gasteiger partial charge in [-0.3, -0.25) is 24.5 Å². The Hall–Kier alpha value is -5.33. The molecule has 3 aliphatic rings. The number of anilines is 2. The molecule has 11 nitrogen and oxygen atoms in total. The average Bonchev–Trinajstić information content (AvgIpc) is 3.73. The lowest BCUT2D eigenvalue weighted by molar-refractivity contribution is -0.133. The number of fused-ring (bicyclic) bond motifs is 2. The number of imide groups is 1. The van der Waals surface area contributed by atoms with E-state index in [1.807, 2.05) is 28.8 Å². The number of carbonyl (C=O) groups excluding carboxylic acids is 4. The molecule has 226 valence electrons. The maximum absolute atomic E-state index is 15.6. The number of hydrogen-bond donors (Lipinski definition) is 3. The number of pyridine rings is 1. The number of aromatic nitrogens is 3. The third-order valence-electron chi connectivity index (χ3n) is 8.54. The summed E-state index contributed by atoms with van der Waals surface area (Å²) in [5.41, 5.74) is 4.09. The third kappa shape index (κ3) is 5.57. The van der Waals surface area contributed by atoms with Gasteiger partial charge >= 0.3 is 0 Å². The Bertz CT molecular complexity index is 1830. The quantitative estimate of drug-likeness (QED) is 0.203. The summed E-state index contributed by atoms with van der Waals surface area (Å²) in [5, 5.41) is 8.28. The molecule has 0 aliphatic carbocycles. The van der Waals surface area contributed by atoms with E-state index in [0.717, 1.165) is 36.2 Å². The van der Waals surface area contributed by atoms with Crippen LogP contribution in [0.25, 0.3) is 0 Å². The number of imidazole rings is 1. The molecule has 1 saturated heterocycles. The summed E-state index contributed by atoms with van der Waals surface area (Å²) < 4.78 is 17.6. The summed E-state index contributed by atoms with van der Waals surface area (Å²) in [6.45, 7) is 0.727. The molecule has 0 spiro atoms. The molecule has 2 aromatic carbocycles. The predicted molar refractivity (Wildman–Crippen MR) is 165 cm³/mol. The van der Waals surface area contributed by atoms with Gasteiger partial charge in [0.15, 0.2) is 13.3 Å². The van der Waals surface area contributed by atoms with Crippen LogP contribution in [-0.4, -0.2) is 56.4 Å². The van der Waals surface area contributed by atoms with Crippen molar-refractivity contribution in [1.29, 1.82) is 0 Å². The van der Waals surface area contributed by atoms with Gasteiger partial charge in [0.2, 0.25) is 11.8 Å². The van der Waals surface area contributed by atoms with E-state index in [1.165, 1.54) is 11.0 Å². The van der Waals surface area contributed by atoms with Gasteiger partial charge in [0.1, 0.15) is 17.7 Å². The zero-order valence-electron chi connectivity index (χ0n) is 24.3. The standard InChI is InChI=1S/C32H29BFN7O4/c34-23-15-19(33-18-6-8-20(9-7-18)37-24-10-11-27(42)39-30(24)43)14-21-22(23)16-41(32(21)45)29(28-25-4-3-13-40(25)17-36-28)31(44)38-26-5-1-2-12-35-26/h1-2,5-9,12,14-15,17,24,29,33,37H,3-4,10-11,13,16H2,(H,35,38,44)(H,39,42,43). The van der Waals surface area contributed by atoms with E-state index in [0.29, 0.717) is 30.7 Å². The maximum atomic E-state index is 15.6. The van der Waals surface area contributed by atoms with Crippen molar-refractivity contribution in [3.8, 4) is 0 Å². The van der Waals surface area contributed by atoms with Crippen molar-refractivity contribution in [1.82, 2.24) is 24.8 Å². The molecular formula is C32H29BFN7O4. The molecule has 4 aromatic rings. The summed E-state index contributed by atoms with van der Waals surface area (Å²) in [5.74, 6) is -1.68. The highest BCUT2D eigenvalue weighted by Crippen LogP contribution is 2.35. The Labute approximate surface area is 258 Å². The first kappa shape index (κ1) is 28.4. The van der Waals surface area contributed by atoms with Gasteiger partial charge in [0, 0.05) is 41.7 Å². The van der Waals surface area contributed by atoms with E-state index in [4.69, 9.17) is 0 Å². The van der Waals surface area contributed by atoms with Crippen molar-refractivity contribution in [3.63, 3.8) is 0 Å². The van der Waals surface area contributed by atoms with Crippen molar-refractivity contribution >= 4 is 53.3 Å². The second-order valence-electron chi connectivity index (χ2n) is 11.5. The number of halogens is 1. The van der Waals surface area contributed by atoms with Crippen LogP contribution >= 0.6 is 0 Å². The van der Waals surface area contributed by atoms with Crippen LogP contribution in [0.5, 0.6) is 0 Å². The fourth-order valence-electron chi connectivity index (χ4n) is 6.32. The highest BCUT2D eigenvalue weighted by molar-refractivity contribution is 6.67. The van der Waals surface area contributed by atoms with Gasteiger partial charge in [-0.25, -0.2) is 14.4 Å². The lowest BCUT2D eigenvalue weighted by Gasteiger charge is -2.26. The average molecular weight is 605 g/mol. The largest absolute Gasteiger partial charge is 0.374 e. The number of carbonyl (C=O) groups is 4. The lowest BCUT2D eigenvalue weighted by atomic mass is 9.63. The number of benzene rings is 2. The third-order valence-corrected chi connectivity index (χ3v) is 8.54. The maximum Gasteiger partial charge on any atom is 0.255 e. The number of hydrogen-bond acceptors (Lipinski definition) is 7. The zero-order valence-corrected chi connectivity index (χ0v) is 24.3. The van der Waals surface area contributed by atoms with E-state index < -0.39 is 29.7 Å². The van der Waals surface area contributed by atoms with Gasteiger partial charge in [-0.05, 0) is 49.6 Å². The van der Waals surface area contributed by atoms with Crippen LogP contribution in [0.3, 0.4) is 0 Å². The second kappa shape index (κ2) is 11.6.